The Morgan fingerprint density at radius 2 is 2.07 bits per heavy atom. The third-order valence-corrected chi connectivity index (χ3v) is 5.67. The van der Waals surface area contributed by atoms with Crippen LogP contribution in [0.1, 0.15) is 36.8 Å². The van der Waals surface area contributed by atoms with E-state index in [4.69, 9.17) is 10.5 Å². The van der Waals surface area contributed by atoms with Gasteiger partial charge in [0, 0.05) is 24.1 Å². The quantitative estimate of drug-likeness (QED) is 0.451. The van der Waals surface area contributed by atoms with E-state index in [9.17, 15) is 21.6 Å². The van der Waals surface area contributed by atoms with Gasteiger partial charge in [0.25, 0.3) is 0 Å². The predicted molar refractivity (Wildman–Crippen MR) is 98.4 cm³/mol. The molecule has 0 radical (unpaired) electrons. The van der Waals surface area contributed by atoms with Crippen LogP contribution in [0.2, 0.25) is 0 Å². The molecule has 1 aliphatic heterocycles. The largest absolute Gasteiger partial charge is 0.534 e. The van der Waals surface area contributed by atoms with Crippen LogP contribution in [-0.2, 0) is 21.3 Å². The molecule has 1 aromatic rings. The molecule has 2 N–H and O–H groups in total. The van der Waals surface area contributed by atoms with E-state index in [0.717, 1.165) is 37.5 Å². The average molecular weight is 418 g/mol. The predicted octanol–water partition coefficient (Wildman–Crippen LogP) is 3.17. The molecule has 10 heteroatoms. The Morgan fingerprint density at radius 1 is 1.29 bits per heavy atom. The summed E-state index contributed by atoms with van der Waals surface area (Å²) in [7, 11) is -5.70. The third-order valence-electron chi connectivity index (χ3n) is 4.70. The summed E-state index contributed by atoms with van der Waals surface area (Å²) in [5.74, 6) is -0.393. The van der Waals surface area contributed by atoms with Crippen molar-refractivity contribution in [2.75, 3.05) is 13.2 Å². The number of hydrogen-bond acceptors (Lipinski definition) is 6. The average Bonchev–Trinajstić information content (AvgIpc) is 2.63. The molecular formula is C18H21F3N2O4S. The van der Waals surface area contributed by atoms with E-state index in [1.807, 2.05) is 0 Å². The van der Waals surface area contributed by atoms with E-state index in [-0.39, 0.29) is 6.10 Å². The topological polar surface area (TPSA) is 91.0 Å². The van der Waals surface area contributed by atoms with Gasteiger partial charge in [0.05, 0.1) is 12.6 Å². The van der Waals surface area contributed by atoms with E-state index < -0.39 is 21.4 Å². The molecule has 3 rings (SSSR count). The summed E-state index contributed by atoms with van der Waals surface area (Å²) < 4.78 is 69.5. The minimum atomic E-state index is -5.70. The standard InChI is InChI=1S/C18H21F3N2O4S/c19-18(20,21)28(24,25)27-14-6-7-16-12(9-14)4-5-13(17(16)22)10-23-11-15-3-1-2-8-26-15/h6-7,9-10,15H,1-5,8,11,22H2. The van der Waals surface area contributed by atoms with E-state index in [1.54, 1.807) is 6.21 Å². The molecule has 0 aromatic heterocycles. The second-order valence-electron chi connectivity index (χ2n) is 6.72. The number of nitrogens with two attached hydrogens (primary N) is 1. The third kappa shape index (κ3) is 4.67. The molecule has 28 heavy (non-hydrogen) atoms. The van der Waals surface area contributed by atoms with E-state index >= 15 is 0 Å². The van der Waals surface area contributed by atoms with Crippen molar-refractivity contribution < 1.29 is 30.5 Å². The van der Waals surface area contributed by atoms with Crippen molar-refractivity contribution >= 4 is 22.0 Å². The number of hydrogen-bond donors (Lipinski definition) is 1. The maximum atomic E-state index is 12.5. The Morgan fingerprint density at radius 3 is 2.75 bits per heavy atom. The number of aliphatic imine (C=N–C) groups is 1. The fourth-order valence-electron chi connectivity index (χ4n) is 3.21. The smallest absolute Gasteiger partial charge is 0.398 e. The lowest BCUT2D eigenvalue weighted by Gasteiger charge is -2.21. The highest BCUT2D eigenvalue weighted by atomic mass is 32.2. The SMILES string of the molecule is NC1=C(C=NCC2CCCCO2)CCc2cc(OS(=O)(=O)C(F)(F)F)ccc21. The van der Waals surface area contributed by atoms with Crippen LogP contribution in [0.25, 0.3) is 5.70 Å². The molecule has 1 aromatic carbocycles. The number of alkyl halides is 3. The molecule has 1 atom stereocenters. The molecular weight excluding hydrogens is 397 g/mol. The highest BCUT2D eigenvalue weighted by Crippen LogP contribution is 2.32. The van der Waals surface area contributed by atoms with Gasteiger partial charge in [0.1, 0.15) is 5.75 Å². The summed E-state index contributed by atoms with van der Waals surface area (Å²) in [5.41, 5.74) is 3.26. The van der Waals surface area contributed by atoms with Crippen molar-refractivity contribution in [1.82, 2.24) is 0 Å². The van der Waals surface area contributed by atoms with Gasteiger partial charge < -0.3 is 14.7 Å². The zero-order valence-electron chi connectivity index (χ0n) is 15.0. The second-order valence-corrected chi connectivity index (χ2v) is 8.26. The first-order chi connectivity index (χ1) is 13.2. The van der Waals surface area contributed by atoms with Crippen LogP contribution in [0.5, 0.6) is 5.75 Å². The Kier molecular flexibility index (Phi) is 5.99. The van der Waals surface area contributed by atoms with Gasteiger partial charge in [-0.3, -0.25) is 4.99 Å². The first-order valence-corrected chi connectivity index (χ1v) is 10.3. The number of halogens is 3. The van der Waals surface area contributed by atoms with Gasteiger partial charge in [-0.15, -0.1) is 0 Å². The van der Waals surface area contributed by atoms with Crippen molar-refractivity contribution in [2.45, 2.75) is 43.7 Å². The number of rotatable bonds is 5. The molecule has 0 bridgehead atoms. The van der Waals surface area contributed by atoms with Gasteiger partial charge in [0.2, 0.25) is 0 Å². The van der Waals surface area contributed by atoms with Crippen LogP contribution in [0, 0.1) is 0 Å². The first kappa shape index (κ1) is 20.7. The summed E-state index contributed by atoms with van der Waals surface area (Å²) >= 11 is 0. The van der Waals surface area contributed by atoms with Gasteiger partial charge in [-0.05, 0) is 61.4 Å². The molecule has 0 saturated carbocycles. The van der Waals surface area contributed by atoms with Gasteiger partial charge in [-0.1, -0.05) is 0 Å². The van der Waals surface area contributed by atoms with Crippen LogP contribution in [0.4, 0.5) is 13.2 Å². The summed E-state index contributed by atoms with van der Waals surface area (Å²) in [6, 6.07) is 3.89. The maximum Gasteiger partial charge on any atom is 0.534 e. The highest BCUT2D eigenvalue weighted by molar-refractivity contribution is 7.88. The van der Waals surface area contributed by atoms with Gasteiger partial charge >= 0.3 is 15.6 Å². The Hall–Kier alpha value is -2.07. The first-order valence-electron chi connectivity index (χ1n) is 8.91. The highest BCUT2D eigenvalue weighted by Gasteiger charge is 2.48. The van der Waals surface area contributed by atoms with Gasteiger partial charge in [-0.25, -0.2) is 0 Å². The Balaban J connectivity index is 1.73. The van der Waals surface area contributed by atoms with Crippen molar-refractivity contribution in [1.29, 1.82) is 0 Å². The number of allylic oxidation sites excluding steroid dienone is 1. The van der Waals surface area contributed by atoms with Crippen molar-refractivity contribution in [2.24, 2.45) is 10.7 Å². The summed E-state index contributed by atoms with van der Waals surface area (Å²) in [6.07, 6.45) is 6.06. The Labute approximate surface area is 161 Å². The zero-order valence-corrected chi connectivity index (χ0v) is 15.9. The Bertz CT molecular complexity index is 889. The van der Waals surface area contributed by atoms with Gasteiger partial charge in [0.15, 0.2) is 0 Å². The fourth-order valence-corrected chi connectivity index (χ4v) is 3.66. The van der Waals surface area contributed by atoms with Crippen molar-refractivity contribution in [3.05, 3.63) is 34.9 Å². The van der Waals surface area contributed by atoms with Crippen LogP contribution in [-0.4, -0.2) is 39.4 Å². The lowest BCUT2D eigenvalue weighted by molar-refractivity contribution is -0.0500. The van der Waals surface area contributed by atoms with Crippen molar-refractivity contribution in [3.8, 4) is 5.75 Å². The number of ether oxygens (including phenoxy) is 1. The van der Waals surface area contributed by atoms with E-state index in [2.05, 4.69) is 9.18 Å². The molecule has 1 unspecified atom stereocenters. The van der Waals surface area contributed by atoms with Crippen molar-refractivity contribution in [3.63, 3.8) is 0 Å². The molecule has 2 aliphatic rings. The van der Waals surface area contributed by atoms with Crippen LogP contribution >= 0.6 is 0 Å². The monoisotopic (exact) mass is 418 g/mol. The number of benzene rings is 1. The van der Waals surface area contributed by atoms with Crippen LogP contribution in [0.15, 0.2) is 28.8 Å². The molecule has 1 heterocycles. The van der Waals surface area contributed by atoms with E-state index in [1.165, 1.54) is 12.1 Å². The lowest BCUT2D eigenvalue weighted by Crippen LogP contribution is -2.28. The number of aryl methyl sites for hydroxylation is 1. The summed E-state index contributed by atoms with van der Waals surface area (Å²) in [5, 5.41) is 0. The second kappa shape index (κ2) is 8.12. The molecule has 154 valence electrons. The normalized spacial score (nSPS) is 21.0. The van der Waals surface area contributed by atoms with Gasteiger partial charge in [-0.2, -0.15) is 21.6 Å². The number of nitrogens with zero attached hydrogens (tertiary/aromatic N) is 1. The number of fused-ring (bicyclic) bond motifs is 1. The zero-order chi connectivity index (χ0) is 20.4. The fraction of sp³-hybridized carbons (Fsp3) is 0.500. The van der Waals surface area contributed by atoms with Crippen LogP contribution in [0.3, 0.4) is 0 Å². The molecule has 1 saturated heterocycles. The summed E-state index contributed by atoms with van der Waals surface area (Å²) in [6.45, 7) is 1.32. The maximum absolute atomic E-state index is 12.5. The van der Waals surface area contributed by atoms with E-state index in [0.29, 0.717) is 36.2 Å². The van der Waals surface area contributed by atoms with Crippen LogP contribution < -0.4 is 9.92 Å². The molecule has 0 spiro atoms. The molecule has 6 nitrogen and oxygen atoms in total. The molecule has 1 aliphatic carbocycles. The lowest BCUT2D eigenvalue weighted by atomic mass is 9.90. The summed E-state index contributed by atoms with van der Waals surface area (Å²) in [4.78, 5) is 4.42. The minimum absolute atomic E-state index is 0.123. The molecule has 1 fully saturated rings. The molecule has 0 amide bonds. The minimum Gasteiger partial charge on any atom is -0.398 e.